The van der Waals surface area contributed by atoms with Crippen LogP contribution in [0.4, 0.5) is 14.5 Å². The van der Waals surface area contributed by atoms with Gasteiger partial charge in [-0.3, -0.25) is 9.79 Å². The summed E-state index contributed by atoms with van der Waals surface area (Å²) in [5.74, 6) is -0.835. The van der Waals surface area contributed by atoms with Gasteiger partial charge < -0.3 is 20.3 Å². The summed E-state index contributed by atoms with van der Waals surface area (Å²) in [4.78, 5) is 17.4. The maximum absolute atomic E-state index is 13.9. The van der Waals surface area contributed by atoms with Gasteiger partial charge in [0, 0.05) is 31.7 Å². The van der Waals surface area contributed by atoms with Crippen LogP contribution in [0.25, 0.3) is 0 Å². The number of hydrogen-bond donors (Lipinski definition) is 2. The molecule has 0 radical (unpaired) electrons. The molecule has 2 N–H and O–H groups in total. The third kappa shape index (κ3) is 5.58. The maximum atomic E-state index is 13.9. The Labute approximate surface area is 146 Å². The molecule has 1 aliphatic heterocycles. The van der Waals surface area contributed by atoms with E-state index in [9.17, 15) is 13.6 Å². The number of esters is 1. The van der Waals surface area contributed by atoms with E-state index in [-0.39, 0.29) is 18.4 Å². The van der Waals surface area contributed by atoms with Crippen molar-refractivity contribution in [3.8, 4) is 0 Å². The molecule has 25 heavy (non-hydrogen) atoms. The summed E-state index contributed by atoms with van der Waals surface area (Å²) < 4.78 is 31.5. The fourth-order valence-electron chi connectivity index (χ4n) is 2.71. The molecule has 1 atom stereocenters. The van der Waals surface area contributed by atoms with Crippen molar-refractivity contribution in [2.24, 2.45) is 4.99 Å². The van der Waals surface area contributed by atoms with E-state index in [1.54, 1.807) is 0 Å². The fraction of sp³-hybridized carbons (Fsp3) is 0.529. The van der Waals surface area contributed by atoms with Crippen LogP contribution in [0.1, 0.15) is 19.8 Å². The van der Waals surface area contributed by atoms with Crippen LogP contribution in [-0.4, -0.2) is 51.3 Å². The number of aliphatic imine (C=N–C) groups is 1. The standard InChI is InChI=1S/C17H24F2N4O2/c1-3-20-17(21-8-6-16(24)25-2)22-13-7-9-23(11-13)15-5-4-12(18)10-14(15)19/h4-5,10,13H,3,6-9,11H2,1-2H3,(H2,20,21,22). The molecule has 1 aromatic rings. The number of carbonyl (C=O) groups is 1. The number of guanidine groups is 1. The van der Waals surface area contributed by atoms with Gasteiger partial charge in [-0.1, -0.05) is 0 Å². The van der Waals surface area contributed by atoms with E-state index in [0.29, 0.717) is 37.8 Å². The number of benzene rings is 1. The van der Waals surface area contributed by atoms with Gasteiger partial charge in [0.05, 0.1) is 25.8 Å². The van der Waals surface area contributed by atoms with Crippen LogP contribution in [0.15, 0.2) is 23.2 Å². The van der Waals surface area contributed by atoms with Crippen LogP contribution in [0.5, 0.6) is 0 Å². The highest BCUT2D eigenvalue weighted by molar-refractivity contribution is 5.80. The molecule has 0 aliphatic carbocycles. The zero-order valence-electron chi connectivity index (χ0n) is 14.5. The molecule has 0 bridgehead atoms. The summed E-state index contributed by atoms with van der Waals surface area (Å²) >= 11 is 0. The molecule has 6 nitrogen and oxygen atoms in total. The van der Waals surface area contributed by atoms with Crippen LogP contribution in [0.3, 0.4) is 0 Å². The first kappa shape index (κ1) is 19.0. The van der Waals surface area contributed by atoms with Gasteiger partial charge in [0.25, 0.3) is 0 Å². The fourth-order valence-corrected chi connectivity index (χ4v) is 2.71. The van der Waals surface area contributed by atoms with E-state index in [4.69, 9.17) is 0 Å². The lowest BCUT2D eigenvalue weighted by molar-refractivity contribution is -0.140. The minimum Gasteiger partial charge on any atom is -0.469 e. The van der Waals surface area contributed by atoms with E-state index < -0.39 is 11.6 Å². The summed E-state index contributed by atoms with van der Waals surface area (Å²) in [5, 5.41) is 6.41. The van der Waals surface area contributed by atoms with Gasteiger partial charge in [0.1, 0.15) is 11.6 Å². The Kier molecular flexibility index (Phi) is 6.97. The second-order valence-corrected chi connectivity index (χ2v) is 5.76. The van der Waals surface area contributed by atoms with Crippen LogP contribution >= 0.6 is 0 Å². The molecule has 8 heteroatoms. The van der Waals surface area contributed by atoms with Crippen molar-refractivity contribution in [1.82, 2.24) is 10.6 Å². The first-order valence-electron chi connectivity index (χ1n) is 8.35. The molecular weight excluding hydrogens is 330 g/mol. The van der Waals surface area contributed by atoms with E-state index in [2.05, 4.69) is 20.4 Å². The van der Waals surface area contributed by atoms with Crippen molar-refractivity contribution in [3.05, 3.63) is 29.8 Å². The average molecular weight is 354 g/mol. The van der Waals surface area contributed by atoms with E-state index in [0.717, 1.165) is 12.5 Å². The molecule has 2 rings (SSSR count). The SMILES string of the molecule is CCNC(=NCCC(=O)OC)NC1CCN(c2ccc(F)cc2F)C1. The van der Waals surface area contributed by atoms with Crippen LogP contribution in [-0.2, 0) is 9.53 Å². The molecular formula is C17H24F2N4O2. The first-order chi connectivity index (χ1) is 12.0. The van der Waals surface area contributed by atoms with E-state index in [1.807, 2.05) is 11.8 Å². The van der Waals surface area contributed by atoms with Crippen LogP contribution in [0, 0.1) is 11.6 Å². The van der Waals surface area contributed by atoms with Crippen molar-refractivity contribution in [3.63, 3.8) is 0 Å². The van der Waals surface area contributed by atoms with Gasteiger partial charge in [0.2, 0.25) is 0 Å². The van der Waals surface area contributed by atoms with Gasteiger partial charge in [-0.05, 0) is 25.5 Å². The van der Waals surface area contributed by atoms with E-state index in [1.165, 1.54) is 19.2 Å². The molecule has 1 saturated heterocycles. The largest absolute Gasteiger partial charge is 0.469 e. The Morgan fingerprint density at radius 1 is 1.44 bits per heavy atom. The summed E-state index contributed by atoms with van der Waals surface area (Å²) in [5.41, 5.74) is 0.401. The zero-order valence-corrected chi connectivity index (χ0v) is 14.5. The number of carbonyl (C=O) groups excluding carboxylic acids is 1. The minimum atomic E-state index is -0.581. The zero-order chi connectivity index (χ0) is 18.2. The molecule has 138 valence electrons. The van der Waals surface area contributed by atoms with Crippen molar-refractivity contribution >= 4 is 17.6 Å². The molecule has 1 aliphatic rings. The molecule has 1 heterocycles. The van der Waals surface area contributed by atoms with E-state index >= 15 is 0 Å². The molecule has 0 spiro atoms. The Hall–Kier alpha value is -2.38. The minimum absolute atomic E-state index is 0.0837. The monoisotopic (exact) mass is 354 g/mol. The number of nitrogens with one attached hydrogen (secondary N) is 2. The summed E-state index contributed by atoms with van der Waals surface area (Å²) in [6.07, 6.45) is 1.02. The van der Waals surface area contributed by atoms with Gasteiger partial charge in [-0.2, -0.15) is 0 Å². The molecule has 0 amide bonds. The Morgan fingerprint density at radius 3 is 2.92 bits per heavy atom. The van der Waals surface area contributed by atoms with Gasteiger partial charge >= 0.3 is 5.97 Å². The number of halogens is 2. The molecule has 1 fully saturated rings. The van der Waals surface area contributed by atoms with Crippen LogP contribution < -0.4 is 15.5 Å². The third-order valence-electron chi connectivity index (χ3n) is 3.94. The molecule has 1 aromatic carbocycles. The first-order valence-corrected chi connectivity index (χ1v) is 8.35. The topological polar surface area (TPSA) is 66.0 Å². The summed E-state index contributed by atoms with van der Waals surface area (Å²) in [6, 6.07) is 3.70. The van der Waals surface area contributed by atoms with Crippen molar-refractivity contribution in [1.29, 1.82) is 0 Å². The number of anilines is 1. The lowest BCUT2D eigenvalue weighted by Crippen LogP contribution is -2.44. The van der Waals surface area contributed by atoms with Crippen molar-refractivity contribution < 1.29 is 18.3 Å². The summed E-state index contributed by atoms with van der Waals surface area (Å²) in [6.45, 7) is 4.22. The normalized spacial score (nSPS) is 17.5. The Balaban J connectivity index is 1.92. The Morgan fingerprint density at radius 2 is 2.24 bits per heavy atom. The molecule has 0 aromatic heterocycles. The van der Waals surface area contributed by atoms with Gasteiger partial charge in [-0.15, -0.1) is 0 Å². The number of methoxy groups -OCH3 is 1. The maximum Gasteiger partial charge on any atom is 0.307 e. The lowest BCUT2D eigenvalue weighted by atomic mass is 10.2. The number of hydrogen-bond acceptors (Lipinski definition) is 4. The number of ether oxygens (including phenoxy) is 1. The number of rotatable bonds is 6. The molecule has 0 saturated carbocycles. The lowest BCUT2D eigenvalue weighted by Gasteiger charge is -2.21. The number of nitrogens with zero attached hydrogens (tertiary/aromatic N) is 2. The highest BCUT2D eigenvalue weighted by Gasteiger charge is 2.25. The molecule has 1 unspecified atom stereocenters. The highest BCUT2D eigenvalue weighted by Crippen LogP contribution is 2.24. The van der Waals surface area contributed by atoms with Gasteiger partial charge in [0.15, 0.2) is 5.96 Å². The average Bonchev–Trinajstić information content (AvgIpc) is 3.03. The predicted octanol–water partition coefficient (Wildman–Crippen LogP) is 1.66. The van der Waals surface area contributed by atoms with Crippen molar-refractivity contribution in [2.75, 3.05) is 38.2 Å². The second kappa shape index (κ2) is 9.19. The highest BCUT2D eigenvalue weighted by atomic mass is 19.1. The quantitative estimate of drug-likeness (QED) is 0.462. The smallest absolute Gasteiger partial charge is 0.307 e. The third-order valence-corrected chi connectivity index (χ3v) is 3.94. The van der Waals surface area contributed by atoms with Gasteiger partial charge in [-0.25, -0.2) is 8.78 Å². The van der Waals surface area contributed by atoms with Crippen LogP contribution in [0.2, 0.25) is 0 Å². The second-order valence-electron chi connectivity index (χ2n) is 5.76. The Bertz CT molecular complexity index is 625. The van der Waals surface area contributed by atoms with Crippen molar-refractivity contribution in [2.45, 2.75) is 25.8 Å². The summed E-state index contributed by atoms with van der Waals surface area (Å²) in [7, 11) is 1.34. The predicted molar refractivity (Wildman–Crippen MR) is 92.7 cm³/mol.